The van der Waals surface area contributed by atoms with Crippen molar-refractivity contribution in [3.63, 3.8) is 0 Å². The van der Waals surface area contributed by atoms with Crippen LogP contribution in [0.1, 0.15) is 43.4 Å². The summed E-state index contributed by atoms with van der Waals surface area (Å²) in [6, 6.07) is 13.4. The van der Waals surface area contributed by atoms with Crippen LogP contribution < -0.4 is 15.4 Å². The number of aryl methyl sites for hydroxylation is 1. The minimum atomic E-state index is -3.21. The molecule has 6 nitrogen and oxygen atoms in total. The third-order valence-electron chi connectivity index (χ3n) is 4.60. The molecule has 30 heavy (non-hydrogen) atoms. The zero-order valence-corrected chi connectivity index (χ0v) is 19.3. The lowest BCUT2D eigenvalue weighted by molar-refractivity contribution is 0.317. The monoisotopic (exact) mass is 431 g/mol. The van der Waals surface area contributed by atoms with E-state index in [1.165, 1.54) is 11.8 Å². The van der Waals surface area contributed by atoms with Crippen LogP contribution in [-0.2, 0) is 16.4 Å². The minimum Gasteiger partial charge on any atom is -0.491 e. The van der Waals surface area contributed by atoms with Gasteiger partial charge in [0.2, 0.25) is 0 Å². The predicted molar refractivity (Wildman–Crippen MR) is 123 cm³/mol. The van der Waals surface area contributed by atoms with E-state index in [4.69, 9.17) is 4.74 Å². The number of nitrogens with one attached hydrogen (secondary N) is 2. The molecule has 164 valence electrons. The van der Waals surface area contributed by atoms with Gasteiger partial charge in [-0.05, 0) is 48.6 Å². The molecule has 2 N–H and O–H groups in total. The first-order valence-corrected chi connectivity index (χ1v) is 12.1. The molecular formula is C23H33N3O3S. The number of aliphatic imine (C=N–C) groups is 1. The van der Waals surface area contributed by atoms with Gasteiger partial charge in [0.1, 0.15) is 12.4 Å². The maximum Gasteiger partial charge on any atom is 0.191 e. The number of hydrogen-bond acceptors (Lipinski definition) is 4. The quantitative estimate of drug-likeness (QED) is 0.360. The molecule has 0 aliphatic carbocycles. The van der Waals surface area contributed by atoms with Gasteiger partial charge in [0, 0.05) is 12.8 Å². The van der Waals surface area contributed by atoms with Crippen molar-refractivity contribution in [1.82, 2.24) is 10.6 Å². The predicted octanol–water partition coefficient (Wildman–Crippen LogP) is 3.66. The first-order valence-electron chi connectivity index (χ1n) is 10.3. The van der Waals surface area contributed by atoms with Crippen molar-refractivity contribution in [1.29, 1.82) is 0 Å². The van der Waals surface area contributed by atoms with Gasteiger partial charge in [-0.2, -0.15) is 0 Å². The smallest absolute Gasteiger partial charge is 0.191 e. The molecule has 0 spiro atoms. The summed E-state index contributed by atoms with van der Waals surface area (Å²) in [4.78, 5) is 4.96. The van der Waals surface area contributed by atoms with Crippen LogP contribution >= 0.6 is 0 Å². The molecular weight excluding hydrogens is 398 g/mol. The van der Waals surface area contributed by atoms with Crippen molar-refractivity contribution in [2.75, 3.05) is 26.0 Å². The average molecular weight is 432 g/mol. The summed E-state index contributed by atoms with van der Waals surface area (Å²) in [7, 11) is -3.21. The number of hydrogen-bond donors (Lipinski definition) is 2. The van der Waals surface area contributed by atoms with Crippen molar-refractivity contribution in [2.24, 2.45) is 4.99 Å². The first-order chi connectivity index (χ1) is 14.2. The molecule has 0 fully saturated rings. The molecule has 0 amide bonds. The lowest BCUT2D eigenvalue weighted by Crippen LogP contribution is -2.39. The zero-order valence-electron chi connectivity index (χ0n) is 18.5. The highest BCUT2D eigenvalue weighted by Crippen LogP contribution is 2.25. The highest BCUT2D eigenvalue weighted by molar-refractivity contribution is 7.90. The molecule has 7 heteroatoms. The Hall–Kier alpha value is -2.54. The summed E-state index contributed by atoms with van der Waals surface area (Å²) >= 11 is 0. The van der Waals surface area contributed by atoms with Crippen LogP contribution in [0.4, 0.5) is 0 Å². The molecule has 2 rings (SSSR count). The average Bonchev–Trinajstić information content (AvgIpc) is 2.68. The summed E-state index contributed by atoms with van der Waals surface area (Å²) in [5.41, 5.74) is 2.89. The number of ether oxygens (including phenoxy) is 1. The molecule has 0 unspecified atom stereocenters. The number of para-hydroxylation sites is 1. The molecule has 0 bridgehead atoms. The lowest BCUT2D eigenvalue weighted by Gasteiger charge is -2.15. The molecule has 0 heterocycles. The van der Waals surface area contributed by atoms with Gasteiger partial charge in [0.05, 0.1) is 18.0 Å². The SMILES string of the molecule is CCNC(=NCc1ccc(S(C)(=O)=O)c(C)c1)NCCOc1ccccc1C(C)C. The first kappa shape index (κ1) is 23.7. The van der Waals surface area contributed by atoms with Crippen molar-refractivity contribution >= 4 is 15.8 Å². The van der Waals surface area contributed by atoms with E-state index in [1.54, 1.807) is 13.0 Å². The molecule has 2 aromatic carbocycles. The minimum absolute atomic E-state index is 0.360. The number of nitrogens with zero attached hydrogens (tertiary/aromatic N) is 1. The Morgan fingerprint density at radius 2 is 1.87 bits per heavy atom. The molecule has 0 atom stereocenters. The Balaban J connectivity index is 1.94. The van der Waals surface area contributed by atoms with Gasteiger partial charge in [-0.15, -0.1) is 0 Å². The third-order valence-corrected chi connectivity index (χ3v) is 5.85. The van der Waals surface area contributed by atoms with Crippen LogP contribution in [0, 0.1) is 6.92 Å². The van der Waals surface area contributed by atoms with Crippen LogP contribution in [0.15, 0.2) is 52.4 Å². The van der Waals surface area contributed by atoms with Gasteiger partial charge in [0.25, 0.3) is 0 Å². The standard InChI is InChI=1S/C23H33N3O3S/c1-6-24-23(25-13-14-29-21-10-8-7-9-20(21)17(2)3)26-16-19-11-12-22(18(4)15-19)30(5,27)28/h7-12,15,17H,6,13-14,16H2,1-5H3,(H2,24,25,26). The summed E-state index contributed by atoms with van der Waals surface area (Å²) in [5.74, 6) is 2.02. The van der Waals surface area contributed by atoms with E-state index in [0.29, 0.717) is 36.5 Å². The Labute approximate surface area is 180 Å². The van der Waals surface area contributed by atoms with Crippen LogP contribution in [0.5, 0.6) is 5.75 Å². The van der Waals surface area contributed by atoms with E-state index in [9.17, 15) is 8.42 Å². The van der Waals surface area contributed by atoms with Gasteiger partial charge in [0.15, 0.2) is 15.8 Å². The van der Waals surface area contributed by atoms with Crippen LogP contribution in [0.3, 0.4) is 0 Å². The summed E-state index contributed by atoms with van der Waals surface area (Å²) in [6.45, 7) is 10.5. The summed E-state index contributed by atoms with van der Waals surface area (Å²) in [6.07, 6.45) is 1.22. The number of guanidine groups is 1. The maximum atomic E-state index is 11.8. The highest BCUT2D eigenvalue weighted by atomic mass is 32.2. The third kappa shape index (κ3) is 7.06. The van der Waals surface area contributed by atoms with Gasteiger partial charge in [-0.3, -0.25) is 0 Å². The fraction of sp³-hybridized carbons (Fsp3) is 0.435. The van der Waals surface area contributed by atoms with E-state index in [1.807, 2.05) is 37.3 Å². The van der Waals surface area contributed by atoms with E-state index in [2.05, 4.69) is 35.5 Å². The van der Waals surface area contributed by atoms with Gasteiger partial charge in [-0.1, -0.05) is 44.2 Å². The molecule has 0 aromatic heterocycles. The molecule has 0 aliphatic rings. The zero-order chi connectivity index (χ0) is 22.1. The van der Waals surface area contributed by atoms with Crippen LogP contribution in [0.2, 0.25) is 0 Å². The molecule has 0 aliphatic heterocycles. The summed E-state index contributed by atoms with van der Waals surface area (Å²) in [5, 5.41) is 6.50. The Morgan fingerprint density at radius 1 is 1.13 bits per heavy atom. The fourth-order valence-electron chi connectivity index (χ4n) is 3.16. The fourth-order valence-corrected chi connectivity index (χ4v) is 4.12. The number of rotatable bonds is 9. The normalized spacial score (nSPS) is 12.1. The Kier molecular flexibility index (Phi) is 8.72. The number of sulfone groups is 1. The second-order valence-electron chi connectivity index (χ2n) is 7.53. The summed E-state index contributed by atoms with van der Waals surface area (Å²) < 4.78 is 29.5. The molecule has 0 saturated carbocycles. The van der Waals surface area contributed by atoms with Crippen molar-refractivity contribution in [2.45, 2.75) is 45.1 Å². The molecule has 0 saturated heterocycles. The second kappa shape index (κ2) is 11.0. The largest absolute Gasteiger partial charge is 0.491 e. The van der Waals surface area contributed by atoms with Crippen molar-refractivity contribution in [3.05, 3.63) is 59.2 Å². The van der Waals surface area contributed by atoms with Gasteiger partial charge < -0.3 is 15.4 Å². The van der Waals surface area contributed by atoms with Crippen LogP contribution in [0.25, 0.3) is 0 Å². The van der Waals surface area contributed by atoms with Crippen molar-refractivity contribution < 1.29 is 13.2 Å². The number of benzene rings is 2. The topological polar surface area (TPSA) is 79.8 Å². The highest BCUT2D eigenvalue weighted by Gasteiger charge is 2.11. The second-order valence-corrected chi connectivity index (χ2v) is 9.52. The van der Waals surface area contributed by atoms with Gasteiger partial charge >= 0.3 is 0 Å². The van der Waals surface area contributed by atoms with E-state index in [0.717, 1.165) is 23.4 Å². The van der Waals surface area contributed by atoms with Crippen LogP contribution in [-0.4, -0.2) is 40.3 Å². The van der Waals surface area contributed by atoms with E-state index in [-0.39, 0.29) is 0 Å². The van der Waals surface area contributed by atoms with Gasteiger partial charge in [-0.25, -0.2) is 13.4 Å². The maximum absolute atomic E-state index is 11.8. The van der Waals surface area contributed by atoms with Crippen molar-refractivity contribution in [3.8, 4) is 5.75 Å². The molecule has 2 aromatic rings. The molecule has 0 radical (unpaired) electrons. The Morgan fingerprint density at radius 3 is 2.50 bits per heavy atom. The van der Waals surface area contributed by atoms with E-state index < -0.39 is 9.84 Å². The van der Waals surface area contributed by atoms with E-state index >= 15 is 0 Å². The Bertz CT molecular complexity index is 969. The lowest BCUT2D eigenvalue weighted by atomic mass is 10.0.